The number of hydrogen-bond donors (Lipinski definition) is 2. The lowest BCUT2D eigenvalue weighted by atomic mass is 10.1. The highest BCUT2D eigenvalue weighted by atomic mass is 16.6. The van der Waals surface area contributed by atoms with Gasteiger partial charge in [-0.1, -0.05) is 12.8 Å². The SMILES string of the molecule is COc1cc(/C=C/C(=O)O[C@@H](C)C(=O)NC(=O)NC2CCCC2)cc2c1OCCO2. The maximum atomic E-state index is 12.1. The van der Waals surface area contributed by atoms with Crippen LogP contribution >= 0.6 is 0 Å². The second kappa shape index (κ2) is 10.00. The summed E-state index contributed by atoms with van der Waals surface area (Å²) in [5.41, 5.74) is 0.640. The second-order valence-electron chi connectivity index (χ2n) is 7.10. The van der Waals surface area contributed by atoms with Crippen LogP contribution in [0.4, 0.5) is 4.79 Å². The summed E-state index contributed by atoms with van der Waals surface area (Å²) in [4.78, 5) is 36.0. The topological polar surface area (TPSA) is 112 Å². The van der Waals surface area contributed by atoms with Crippen LogP contribution in [-0.2, 0) is 14.3 Å². The van der Waals surface area contributed by atoms with Crippen LogP contribution in [0, 0.1) is 0 Å². The molecule has 0 radical (unpaired) electrons. The van der Waals surface area contributed by atoms with Crippen molar-refractivity contribution < 1.29 is 33.3 Å². The fourth-order valence-electron chi connectivity index (χ4n) is 3.33. The quantitative estimate of drug-likeness (QED) is 0.538. The van der Waals surface area contributed by atoms with Crippen LogP contribution < -0.4 is 24.8 Å². The zero-order valence-corrected chi connectivity index (χ0v) is 17.1. The van der Waals surface area contributed by atoms with Gasteiger partial charge in [-0.05, 0) is 43.5 Å². The van der Waals surface area contributed by atoms with Gasteiger partial charge in [0.25, 0.3) is 5.91 Å². The minimum Gasteiger partial charge on any atom is -0.493 e. The highest BCUT2D eigenvalue weighted by Gasteiger charge is 2.22. The van der Waals surface area contributed by atoms with Crippen molar-refractivity contribution in [2.75, 3.05) is 20.3 Å². The molecule has 9 nitrogen and oxygen atoms in total. The molecule has 2 N–H and O–H groups in total. The summed E-state index contributed by atoms with van der Waals surface area (Å²) in [6.07, 6.45) is 5.52. The Morgan fingerprint density at radius 2 is 1.90 bits per heavy atom. The van der Waals surface area contributed by atoms with Crippen LogP contribution in [-0.4, -0.2) is 50.4 Å². The van der Waals surface area contributed by atoms with Gasteiger partial charge in [-0.3, -0.25) is 10.1 Å². The number of benzene rings is 1. The van der Waals surface area contributed by atoms with E-state index in [0.29, 0.717) is 36.0 Å². The maximum absolute atomic E-state index is 12.1. The number of imide groups is 1. The number of methoxy groups -OCH3 is 1. The summed E-state index contributed by atoms with van der Waals surface area (Å²) in [6, 6.07) is 2.92. The molecule has 0 bridgehead atoms. The third-order valence-corrected chi connectivity index (χ3v) is 4.85. The van der Waals surface area contributed by atoms with Gasteiger partial charge in [-0.15, -0.1) is 0 Å². The van der Waals surface area contributed by atoms with Gasteiger partial charge in [0.2, 0.25) is 5.75 Å². The van der Waals surface area contributed by atoms with Crippen molar-refractivity contribution in [2.45, 2.75) is 44.8 Å². The van der Waals surface area contributed by atoms with Crippen LogP contribution in [0.2, 0.25) is 0 Å². The lowest BCUT2D eigenvalue weighted by Crippen LogP contribution is -2.47. The molecule has 1 aliphatic heterocycles. The Labute approximate surface area is 174 Å². The number of nitrogens with one attached hydrogen (secondary N) is 2. The zero-order valence-electron chi connectivity index (χ0n) is 17.1. The standard InChI is InChI=1S/C21H26N2O7/c1-13(20(25)23-21(26)22-15-5-3-4-6-15)30-18(24)8-7-14-11-16(27-2)19-17(12-14)28-9-10-29-19/h7-8,11-13,15H,3-6,9-10H2,1-2H3,(H2,22,23,25,26)/b8-7+/t13-/m0/s1. The molecule has 0 aromatic heterocycles. The van der Waals surface area contributed by atoms with Crippen molar-refractivity contribution in [3.8, 4) is 17.2 Å². The predicted molar refractivity (Wildman–Crippen MR) is 108 cm³/mol. The highest BCUT2D eigenvalue weighted by molar-refractivity contribution is 5.98. The summed E-state index contributed by atoms with van der Waals surface area (Å²) in [7, 11) is 1.51. The Kier molecular flexibility index (Phi) is 7.16. The first-order valence-electron chi connectivity index (χ1n) is 9.94. The minimum absolute atomic E-state index is 0.0848. The Morgan fingerprint density at radius 1 is 1.17 bits per heavy atom. The van der Waals surface area contributed by atoms with Gasteiger partial charge in [0, 0.05) is 12.1 Å². The number of urea groups is 1. The average Bonchev–Trinajstić information content (AvgIpc) is 3.24. The van der Waals surface area contributed by atoms with Crippen LogP contribution in [0.15, 0.2) is 18.2 Å². The molecule has 162 valence electrons. The number of rotatable bonds is 6. The van der Waals surface area contributed by atoms with E-state index in [1.807, 2.05) is 0 Å². The van der Waals surface area contributed by atoms with Crippen LogP contribution in [0.25, 0.3) is 6.08 Å². The van der Waals surface area contributed by atoms with E-state index in [9.17, 15) is 14.4 Å². The number of esters is 1. The van der Waals surface area contributed by atoms with Gasteiger partial charge in [0.1, 0.15) is 13.2 Å². The van der Waals surface area contributed by atoms with Crippen molar-refractivity contribution >= 4 is 24.0 Å². The van der Waals surface area contributed by atoms with E-state index in [4.69, 9.17) is 18.9 Å². The molecular weight excluding hydrogens is 392 g/mol. The largest absolute Gasteiger partial charge is 0.493 e. The van der Waals surface area contributed by atoms with Gasteiger partial charge in [-0.25, -0.2) is 9.59 Å². The molecule has 30 heavy (non-hydrogen) atoms. The highest BCUT2D eigenvalue weighted by Crippen LogP contribution is 2.40. The summed E-state index contributed by atoms with van der Waals surface area (Å²) >= 11 is 0. The van der Waals surface area contributed by atoms with Crippen molar-refractivity contribution in [3.63, 3.8) is 0 Å². The zero-order chi connectivity index (χ0) is 21.5. The van der Waals surface area contributed by atoms with E-state index in [2.05, 4.69) is 10.6 Å². The number of hydrogen-bond acceptors (Lipinski definition) is 7. The first-order valence-corrected chi connectivity index (χ1v) is 9.94. The normalized spacial score (nSPS) is 16.7. The van der Waals surface area contributed by atoms with Gasteiger partial charge < -0.3 is 24.3 Å². The molecular formula is C21H26N2O7. The second-order valence-corrected chi connectivity index (χ2v) is 7.10. The maximum Gasteiger partial charge on any atom is 0.331 e. The summed E-state index contributed by atoms with van der Waals surface area (Å²) in [5.74, 6) is 0.122. The molecule has 3 amide bonds. The molecule has 0 unspecified atom stereocenters. The Morgan fingerprint density at radius 3 is 2.63 bits per heavy atom. The van der Waals surface area contributed by atoms with Crippen LogP contribution in [0.1, 0.15) is 38.2 Å². The van der Waals surface area contributed by atoms with Gasteiger partial charge >= 0.3 is 12.0 Å². The fraction of sp³-hybridized carbons (Fsp3) is 0.476. The summed E-state index contributed by atoms with van der Waals surface area (Å²) in [6.45, 7) is 2.26. The van der Waals surface area contributed by atoms with E-state index in [-0.39, 0.29) is 6.04 Å². The molecule has 1 atom stereocenters. The molecule has 1 aromatic carbocycles. The van der Waals surface area contributed by atoms with Crippen molar-refractivity contribution in [3.05, 3.63) is 23.8 Å². The first-order chi connectivity index (χ1) is 14.5. The van der Waals surface area contributed by atoms with Crippen molar-refractivity contribution in [1.29, 1.82) is 0 Å². The number of carbonyl (C=O) groups is 3. The average molecular weight is 418 g/mol. The third-order valence-electron chi connectivity index (χ3n) is 4.85. The number of fused-ring (bicyclic) bond motifs is 1. The van der Waals surface area contributed by atoms with Gasteiger partial charge in [0.15, 0.2) is 17.6 Å². The van der Waals surface area contributed by atoms with Crippen LogP contribution in [0.5, 0.6) is 17.2 Å². The molecule has 0 saturated heterocycles. The molecule has 2 aliphatic rings. The monoisotopic (exact) mass is 418 g/mol. The van der Waals surface area contributed by atoms with E-state index >= 15 is 0 Å². The molecule has 1 fully saturated rings. The smallest absolute Gasteiger partial charge is 0.331 e. The lowest BCUT2D eigenvalue weighted by Gasteiger charge is -2.20. The molecule has 9 heteroatoms. The lowest BCUT2D eigenvalue weighted by molar-refractivity contribution is -0.149. The minimum atomic E-state index is -1.12. The molecule has 1 aliphatic carbocycles. The van der Waals surface area contributed by atoms with E-state index in [1.54, 1.807) is 12.1 Å². The summed E-state index contributed by atoms with van der Waals surface area (Å²) < 4.78 is 21.4. The van der Waals surface area contributed by atoms with Crippen molar-refractivity contribution in [2.24, 2.45) is 0 Å². The Balaban J connectivity index is 1.52. The van der Waals surface area contributed by atoms with E-state index < -0.39 is 24.0 Å². The Bertz CT molecular complexity index is 814. The van der Waals surface area contributed by atoms with Gasteiger partial charge in [0.05, 0.1) is 7.11 Å². The van der Waals surface area contributed by atoms with E-state index in [0.717, 1.165) is 25.7 Å². The predicted octanol–water partition coefficient (Wildman–Crippen LogP) is 2.18. The van der Waals surface area contributed by atoms with Gasteiger partial charge in [-0.2, -0.15) is 0 Å². The van der Waals surface area contributed by atoms with Crippen molar-refractivity contribution in [1.82, 2.24) is 10.6 Å². The molecule has 0 spiro atoms. The molecule has 1 saturated carbocycles. The fourth-order valence-corrected chi connectivity index (χ4v) is 3.33. The van der Waals surface area contributed by atoms with E-state index in [1.165, 1.54) is 26.2 Å². The Hall–Kier alpha value is -3.23. The number of carbonyl (C=O) groups excluding carboxylic acids is 3. The summed E-state index contributed by atoms with van der Waals surface area (Å²) in [5, 5.41) is 4.94. The molecule has 1 aromatic rings. The molecule has 3 rings (SSSR count). The molecule has 1 heterocycles. The third kappa shape index (κ3) is 5.65. The van der Waals surface area contributed by atoms with Crippen LogP contribution in [0.3, 0.4) is 0 Å². The first kappa shape index (κ1) is 21.5. The number of ether oxygens (including phenoxy) is 4. The number of amides is 3.